The number of nitrogens with one attached hydrogen (secondary N) is 1. The molecule has 0 unspecified atom stereocenters. The molecule has 4 nitrogen and oxygen atoms in total. The summed E-state index contributed by atoms with van der Waals surface area (Å²) in [6.45, 7) is 0. The Morgan fingerprint density at radius 3 is 2.96 bits per heavy atom. The van der Waals surface area contributed by atoms with Gasteiger partial charge in [-0.15, -0.1) is 11.3 Å². The third-order valence-corrected chi connectivity index (χ3v) is 5.38. The fourth-order valence-electron chi connectivity index (χ4n) is 3.04. The van der Waals surface area contributed by atoms with Crippen molar-refractivity contribution in [2.24, 2.45) is 4.99 Å². The topological polar surface area (TPSA) is 75.7 Å². The van der Waals surface area contributed by atoms with E-state index in [1.807, 2.05) is 18.3 Å². The molecule has 0 fully saturated rings. The number of nitriles is 2. The van der Waals surface area contributed by atoms with Gasteiger partial charge in [-0.05, 0) is 43.0 Å². The standard InChI is InChI=1S/C18H12N4S/c19-7-11-4-5-16-14(6-11)12(9-21-16)10-22-18-15(8-20)13-2-1-3-17(13)23-18/h4-6,9-10,21H,1-3H2. The van der Waals surface area contributed by atoms with E-state index in [0.717, 1.165) is 46.3 Å². The number of aliphatic imine (C=N–C) groups is 1. The summed E-state index contributed by atoms with van der Waals surface area (Å²) in [5.74, 6) is 0. The quantitative estimate of drug-likeness (QED) is 0.719. The third kappa shape index (κ3) is 2.23. The molecule has 1 N–H and O–H groups in total. The second-order valence-electron chi connectivity index (χ2n) is 5.52. The maximum absolute atomic E-state index is 9.41. The van der Waals surface area contributed by atoms with E-state index in [-0.39, 0.29) is 0 Å². The lowest BCUT2D eigenvalue weighted by atomic mass is 10.1. The Labute approximate surface area is 137 Å². The average molecular weight is 316 g/mol. The second-order valence-corrected chi connectivity index (χ2v) is 6.61. The number of hydrogen-bond acceptors (Lipinski definition) is 4. The van der Waals surface area contributed by atoms with Crippen LogP contribution in [0.2, 0.25) is 0 Å². The Kier molecular flexibility index (Phi) is 3.22. The third-order valence-electron chi connectivity index (χ3n) is 4.18. The molecule has 1 aliphatic rings. The summed E-state index contributed by atoms with van der Waals surface area (Å²) < 4.78 is 0. The van der Waals surface area contributed by atoms with E-state index in [4.69, 9.17) is 5.26 Å². The zero-order chi connectivity index (χ0) is 15.8. The molecule has 0 atom stereocenters. The first-order chi connectivity index (χ1) is 11.3. The molecule has 0 radical (unpaired) electrons. The number of aromatic amines is 1. The molecule has 0 amide bonds. The number of nitrogens with zero attached hydrogens (tertiary/aromatic N) is 3. The van der Waals surface area contributed by atoms with Crippen LogP contribution in [0.5, 0.6) is 0 Å². The average Bonchev–Trinajstić information content (AvgIpc) is 3.26. The highest BCUT2D eigenvalue weighted by atomic mass is 32.1. The number of benzene rings is 1. The van der Waals surface area contributed by atoms with Crippen molar-refractivity contribution in [3.05, 3.63) is 51.5 Å². The van der Waals surface area contributed by atoms with Gasteiger partial charge >= 0.3 is 0 Å². The van der Waals surface area contributed by atoms with E-state index in [1.54, 1.807) is 23.6 Å². The van der Waals surface area contributed by atoms with Crippen molar-refractivity contribution in [1.82, 2.24) is 4.98 Å². The Balaban J connectivity index is 1.76. The van der Waals surface area contributed by atoms with E-state index in [9.17, 15) is 5.26 Å². The molecular formula is C18H12N4S. The van der Waals surface area contributed by atoms with Crippen LogP contribution in [0, 0.1) is 22.7 Å². The largest absolute Gasteiger partial charge is 0.361 e. The molecular weight excluding hydrogens is 304 g/mol. The predicted molar refractivity (Wildman–Crippen MR) is 91.3 cm³/mol. The Hall–Kier alpha value is -2.89. The van der Waals surface area contributed by atoms with Crippen molar-refractivity contribution in [2.45, 2.75) is 19.3 Å². The molecule has 23 heavy (non-hydrogen) atoms. The minimum absolute atomic E-state index is 0.625. The van der Waals surface area contributed by atoms with Crippen LogP contribution in [0.25, 0.3) is 10.9 Å². The number of thiophene rings is 1. The summed E-state index contributed by atoms with van der Waals surface area (Å²) in [6, 6.07) is 10.00. The van der Waals surface area contributed by atoms with Crippen molar-refractivity contribution in [3.8, 4) is 12.1 Å². The van der Waals surface area contributed by atoms with E-state index in [1.165, 1.54) is 10.4 Å². The van der Waals surface area contributed by atoms with Gasteiger partial charge in [-0.25, -0.2) is 4.99 Å². The van der Waals surface area contributed by atoms with E-state index in [0.29, 0.717) is 5.56 Å². The summed E-state index contributed by atoms with van der Waals surface area (Å²) in [7, 11) is 0. The molecule has 1 aliphatic carbocycles. The summed E-state index contributed by atoms with van der Waals surface area (Å²) >= 11 is 1.63. The van der Waals surface area contributed by atoms with E-state index >= 15 is 0 Å². The summed E-state index contributed by atoms with van der Waals surface area (Å²) in [5.41, 5.74) is 4.44. The first-order valence-corrected chi connectivity index (χ1v) is 8.21. The van der Waals surface area contributed by atoms with Gasteiger partial charge in [0.05, 0.1) is 17.2 Å². The molecule has 110 valence electrons. The van der Waals surface area contributed by atoms with Gasteiger partial charge in [0, 0.05) is 33.8 Å². The minimum Gasteiger partial charge on any atom is -0.361 e. The van der Waals surface area contributed by atoms with Gasteiger partial charge in [-0.1, -0.05) is 0 Å². The van der Waals surface area contributed by atoms with E-state index in [2.05, 4.69) is 22.1 Å². The highest BCUT2D eigenvalue weighted by Crippen LogP contribution is 2.40. The van der Waals surface area contributed by atoms with Crippen LogP contribution in [0.15, 0.2) is 29.4 Å². The maximum Gasteiger partial charge on any atom is 0.134 e. The summed E-state index contributed by atoms with van der Waals surface area (Å²) in [6.07, 6.45) is 6.84. The lowest BCUT2D eigenvalue weighted by Crippen LogP contribution is -1.81. The molecule has 1 aromatic carbocycles. The zero-order valence-electron chi connectivity index (χ0n) is 12.3. The Bertz CT molecular complexity index is 1020. The molecule has 2 aromatic heterocycles. The first-order valence-electron chi connectivity index (χ1n) is 7.40. The normalized spacial score (nSPS) is 13.3. The molecule has 2 heterocycles. The maximum atomic E-state index is 9.41. The molecule has 4 rings (SSSR count). The first kappa shape index (κ1) is 13.8. The van der Waals surface area contributed by atoms with Crippen LogP contribution >= 0.6 is 11.3 Å². The van der Waals surface area contributed by atoms with Gasteiger partial charge in [-0.3, -0.25) is 0 Å². The van der Waals surface area contributed by atoms with E-state index < -0.39 is 0 Å². The molecule has 0 saturated heterocycles. The lowest BCUT2D eigenvalue weighted by Gasteiger charge is -1.94. The lowest BCUT2D eigenvalue weighted by molar-refractivity contribution is 0.913. The molecule has 0 aliphatic heterocycles. The number of hydrogen-bond donors (Lipinski definition) is 1. The van der Waals surface area contributed by atoms with Gasteiger partial charge in [0.2, 0.25) is 0 Å². The minimum atomic E-state index is 0.625. The van der Waals surface area contributed by atoms with Gasteiger partial charge in [0.15, 0.2) is 0 Å². The zero-order valence-corrected chi connectivity index (χ0v) is 13.1. The Morgan fingerprint density at radius 1 is 1.22 bits per heavy atom. The molecule has 3 aromatic rings. The number of rotatable bonds is 2. The van der Waals surface area contributed by atoms with Crippen molar-refractivity contribution >= 4 is 33.5 Å². The predicted octanol–water partition coefficient (Wildman–Crippen LogP) is 4.21. The van der Waals surface area contributed by atoms with Crippen LogP contribution in [0.4, 0.5) is 5.00 Å². The van der Waals surface area contributed by atoms with Crippen molar-refractivity contribution < 1.29 is 0 Å². The summed E-state index contributed by atoms with van der Waals surface area (Å²) in [4.78, 5) is 9.04. The van der Waals surface area contributed by atoms with Gasteiger partial charge in [0.25, 0.3) is 0 Å². The van der Waals surface area contributed by atoms with Crippen LogP contribution in [0.3, 0.4) is 0 Å². The molecule has 0 saturated carbocycles. The van der Waals surface area contributed by atoms with Crippen LogP contribution in [-0.4, -0.2) is 11.2 Å². The fourth-order valence-corrected chi connectivity index (χ4v) is 4.23. The second kappa shape index (κ2) is 5.39. The fraction of sp³-hybridized carbons (Fsp3) is 0.167. The number of aromatic nitrogens is 1. The smallest absolute Gasteiger partial charge is 0.134 e. The SMILES string of the molecule is N#Cc1ccc2[nH]cc(C=Nc3sc4c(c3C#N)CCC4)c2c1. The Morgan fingerprint density at radius 2 is 2.13 bits per heavy atom. The van der Waals surface area contributed by atoms with Crippen LogP contribution in [0.1, 0.15) is 33.6 Å². The van der Waals surface area contributed by atoms with Gasteiger partial charge in [0.1, 0.15) is 11.1 Å². The van der Waals surface area contributed by atoms with Crippen molar-refractivity contribution in [2.75, 3.05) is 0 Å². The monoisotopic (exact) mass is 316 g/mol. The molecule has 5 heteroatoms. The molecule has 0 spiro atoms. The number of H-pyrrole nitrogens is 1. The number of aryl methyl sites for hydroxylation is 1. The van der Waals surface area contributed by atoms with Gasteiger partial charge < -0.3 is 4.98 Å². The van der Waals surface area contributed by atoms with Crippen molar-refractivity contribution in [1.29, 1.82) is 10.5 Å². The highest BCUT2D eigenvalue weighted by molar-refractivity contribution is 7.16. The van der Waals surface area contributed by atoms with Crippen LogP contribution in [-0.2, 0) is 12.8 Å². The highest BCUT2D eigenvalue weighted by Gasteiger charge is 2.21. The number of fused-ring (bicyclic) bond motifs is 2. The van der Waals surface area contributed by atoms with Crippen molar-refractivity contribution in [3.63, 3.8) is 0 Å². The molecule has 0 bridgehead atoms. The van der Waals surface area contributed by atoms with Crippen LogP contribution < -0.4 is 0 Å². The summed E-state index contributed by atoms with van der Waals surface area (Å²) in [5, 5.41) is 20.2. The van der Waals surface area contributed by atoms with Gasteiger partial charge in [-0.2, -0.15) is 10.5 Å².